The first-order valence-corrected chi connectivity index (χ1v) is 10.6. The van der Waals surface area contributed by atoms with Gasteiger partial charge in [0.15, 0.2) is 0 Å². The summed E-state index contributed by atoms with van der Waals surface area (Å²) in [7, 11) is 0. The number of benzene rings is 2. The van der Waals surface area contributed by atoms with Gasteiger partial charge in [-0.2, -0.15) is 0 Å². The lowest BCUT2D eigenvalue weighted by Gasteiger charge is -2.32. The Morgan fingerprint density at radius 2 is 1.70 bits per heavy atom. The fraction of sp³-hybridized carbons (Fsp3) is 0.375. The molecule has 0 spiro atoms. The van der Waals surface area contributed by atoms with Crippen molar-refractivity contribution in [3.63, 3.8) is 0 Å². The molecule has 2 aromatic carbocycles. The van der Waals surface area contributed by atoms with Crippen molar-refractivity contribution in [2.45, 2.75) is 32.1 Å². The van der Waals surface area contributed by atoms with Crippen LogP contribution in [0, 0.1) is 11.8 Å². The normalized spacial score (nSPS) is 19.0. The van der Waals surface area contributed by atoms with Gasteiger partial charge in [-0.1, -0.05) is 36.4 Å². The lowest BCUT2D eigenvalue weighted by atomic mass is 9.89. The average molecular weight is 405 g/mol. The smallest absolute Gasteiger partial charge is 0.227 e. The van der Waals surface area contributed by atoms with Crippen LogP contribution in [0.2, 0.25) is 0 Å². The topological polar surface area (TPSA) is 78.5 Å². The molecule has 0 aliphatic carbocycles. The summed E-state index contributed by atoms with van der Waals surface area (Å²) in [5, 5.41) is 5.89. The van der Waals surface area contributed by atoms with Crippen LogP contribution in [0.3, 0.4) is 0 Å². The number of amides is 3. The molecule has 1 atom stereocenters. The van der Waals surface area contributed by atoms with Crippen molar-refractivity contribution in [1.29, 1.82) is 0 Å². The highest BCUT2D eigenvalue weighted by Gasteiger charge is 2.30. The molecule has 3 amide bonds. The van der Waals surface area contributed by atoms with Crippen LogP contribution in [0.5, 0.6) is 0 Å². The fourth-order valence-electron chi connectivity index (χ4n) is 4.26. The van der Waals surface area contributed by atoms with Crippen LogP contribution in [0.1, 0.15) is 31.2 Å². The van der Waals surface area contributed by atoms with Gasteiger partial charge in [0.05, 0.1) is 0 Å². The SMILES string of the molecule is O=C(Nc1ccccc1)C1CCN(C(=O)CC[C@@H]2Cc3ccccc3NC2=O)CC1. The summed E-state index contributed by atoms with van der Waals surface area (Å²) >= 11 is 0. The summed E-state index contributed by atoms with van der Waals surface area (Å²) in [5.41, 5.74) is 2.80. The van der Waals surface area contributed by atoms with E-state index in [9.17, 15) is 14.4 Å². The van der Waals surface area contributed by atoms with Crippen molar-refractivity contribution < 1.29 is 14.4 Å². The molecule has 2 N–H and O–H groups in total. The third-order valence-corrected chi connectivity index (χ3v) is 6.08. The summed E-state index contributed by atoms with van der Waals surface area (Å²) in [6.07, 6.45) is 2.93. The zero-order valence-electron chi connectivity index (χ0n) is 17.0. The van der Waals surface area contributed by atoms with Gasteiger partial charge in [0.2, 0.25) is 17.7 Å². The molecule has 0 bridgehead atoms. The van der Waals surface area contributed by atoms with E-state index in [4.69, 9.17) is 0 Å². The van der Waals surface area contributed by atoms with E-state index in [1.807, 2.05) is 59.5 Å². The van der Waals surface area contributed by atoms with Crippen LogP contribution >= 0.6 is 0 Å². The van der Waals surface area contributed by atoms with E-state index in [0.29, 0.717) is 45.2 Å². The van der Waals surface area contributed by atoms with E-state index in [-0.39, 0.29) is 29.6 Å². The molecule has 6 heteroatoms. The molecule has 2 aliphatic heterocycles. The van der Waals surface area contributed by atoms with Crippen molar-refractivity contribution in [2.75, 3.05) is 23.7 Å². The van der Waals surface area contributed by atoms with Crippen molar-refractivity contribution in [3.8, 4) is 0 Å². The summed E-state index contributed by atoms with van der Waals surface area (Å²) in [5.74, 6) is -0.153. The zero-order chi connectivity index (χ0) is 20.9. The molecular formula is C24H27N3O3. The van der Waals surface area contributed by atoms with Crippen LogP contribution in [-0.2, 0) is 20.8 Å². The lowest BCUT2D eigenvalue weighted by molar-refractivity contribution is -0.135. The Morgan fingerprint density at radius 3 is 2.47 bits per heavy atom. The first kappa shape index (κ1) is 20.1. The van der Waals surface area contributed by atoms with Crippen molar-refractivity contribution in [1.82, 2.24) is 4.90 Å². The molecular weight excluding hydrogens is 378 g/mol. The quantitative estimate of drug-likeness (QED) is 0.800. The Balaban J connectivity index is 1.23. The van der Waals surface area contributed by atoms with Gasteiger partial charge < -0.3 is 15.5 Å². The number of rotatable bonds is 5. The van der Waals surface area contributed by atoms with E-state index >= 15 is 0 Å². The van der Waals surface area contributed by atoms with Crippen molar-refractivity contribution in [2.24, 2.45) is 11.8 Å². The number of hydrogen-bond donors (Lipinski definition) is 2. The second kappa shape index (κ2) is 9.11. The number of para-hydroxylation sites is 2. The van der Waals surface area contributed by atoms with Gasteiger partial charge in [-0.15, -0.1) is 0 Å². The number of likely N-dealkylation sites (tertiary alicyclic amines) is 1. The molecule has 30 heavy (non-hydrogen) atoms. The predicted molar refractivity (Wildman–Crippen MR) is 116 cm³/mol. The number of fused-ring (bicyclic) bond motifs is 1. The lowest BCUT2D eigenvalue weighted by Crippen LogP contribution is -2.41. The highest BCUT2D eigenvalue weighted by Crippen LogP contribution is 2.28. The van der Waals surface area contributed by atoms with E-state index in [1.54, 1.807) is 0 Å². The molecule has 2 aromatic rings. The van der Waals surface area contributed by atoms with Crippen LogP contribution in [-0.4, -0.2) is 35.7 Å². The van der Waals surface area contributed by atoms with Crippen LogP contribution in [0.4, 0.5) is 11.4 Å². The molecule has 0 unspecified atom stereocenters. The predicted octanol–water partition coefficient (Wildman–Crippen LogP) is 3.45. The Hall–Kier alpha value is -3.15. The molecule has 0 radical (unpaired) electrons. The van der Waals surface area contributed by atoms with Crippen molar-refractivity contribution >= 4 is 29.1 Å². The van der Waals surface area contributed by atoms with Crippen LogP contribution in [0.15, 0.2) is 54.6 Å². The van der Waals surface area contributed by atoms with E-state index < -0.39 is 0 Å². The molecule has 0 saturated carbocycles. The zero-order valence-corrected chi connectivity index (χ0v) is 17.0. The number of piperidine rings is 1. The number of carbonyl (C=O) groups excluding carboxylic acids is 3. The molecule has 1 fully saturated rings. The highest BCUT2D eigenvalue weighted by molar-refractivity contribution is 5.96. The average Bonchev–Trinajstić information content (AvgIpc) is 2.78. The standard InChI is InChI=1S/C24H27N3O3/c28-22(11-10-19-16-18-6-4-5-9-21(18)26-24(19)30)27-14-12-17(13-15-27)23(29)25-20-7-2-1-3-8-20/h1-9,17,19H,10-16H2,(H,25,29)(H,26,30)/t19-/m1/s1. The molecule has 2 heterocycles. The van der Waals surface area contributed by atoms with Gasteiger partial charge in [0.25, 0.3) is 0 Å². The minimum atomic E-state index is -0.168. The van der Waals surface area contributed by atoms with E-state index in [1.165, 1.54) is 0 Å². The molecule has 1 saturated heterocycles. The van der Waals surface area contributed by atoms with E-state index in [0.717, 1.165) is 16.9 Å². The number of nitrogens with one attached hydrogen (secondary N) is 2. The minimum absolute atomic E-state index is 0.00205. The summed E-state index contributed by atoms with van der Waals surface area (Å²) in [4.78, 5) is 39.3. The third kappa shape index (κ3) is 4.70. The summed E-state index contributed by atoms with van der Waals surface area (Å²) in [6.45, 7) is 1.18. The van der Waals surface area contributed by atoms with Gasteiger partial charge in [-0.25, -0.2) is 0 Å². The van der Waals surface area contributed by atoms with Crippen molar-refractivity contribution in [3.05, 3.63) is 60.2 Å². The number of hydrogen-bond acceptors (Lipinski definition) is 3. The molecule has 4 rings (SSSR count). The van der Waals surface area contributed by atoms with Gasteiger partial charge in [-0.3, -0.25) is 14.4 Å². The second-order valence-electron chi connectivity index (χ2n) is 8.10. The molecule has 2 aliphatic rings. The highest BCUT2D eigenvalue weighted by atomic mass is 16.2. The Bertz CT molecular complexity index is 920. The van der Waals surface area contributed by atoms with Gasteiger partial charge in [0.1, 0.15) is 0 Å². The second-order valence-corrected chi connectivity index (χ2v) is 8.10. The number of carbonyl (C=O) groups is 3. The Kier molecular flexibility index (Phi) is 6.12. The Morgan fingerprint density at radius 1 is 1.00 bits per heavy atom. The number of nitrogens with zero attached hydrogens (tertiary/aromatic N) is 1. The summed E-state index contributed by atoms with van der Waals surface area (Å²) < 4.78 is 0. The molecule has 0 aromatic heterocycles. The Labute approximate surface area is 176 Å². The summed E-state index contributed by atoms with van der Waals surface area (Å²) in [6, 6.07) is 17.2. The molecule has 6 nitrogen and oxygen atoms in total. The van der Waals surface area contributed by atoms with Gasteiger partial charge in [0, 0.05) is 42.7 Å². The van der Waals surface area contributed by atoms with Gasteiger partial charge >= 0.3 is 0 Å². The van der Waals surface area contributed by atoms with Crippen LogP contribution in [0.25, 0.3) is 0 Å². The third-order valence-electron chi connectivity index (χ3n) is 6.08. The maximum absolute atomic E-state index is 12.7. The maximum Gasteiger partial charge on any atom is 0.227 e. The maximum atomic E-state index is 12.7. The number of anilines is 2. The van der Waals surface area contributed by atoms with Crippen LogP contribution < -0.4 is 10.6 Å². The fourth-order valence-corrected chi connectivity index (χ4v) is 4.26. The molecule has 156 valence electrons. The largest absolute Gasteiger partial charge is 0.343 e. The van der Waals surface area contributed by atoms with E-state index in [2.05, 4.69) is 10.6 Å². The monoisotopic (exact) mass is 405 g/mol. The first-order chi connectivity index (χ1) is 14.6. The first-order valence-electron chi connectivity index (χ1n) is 10.6. The minimum Gasteiger partial charge on any atom is -0.343 e. The van der Waals surface area contributed by atoms with Gasteiger partial charge in [-0.05, 0) is 49.4 Å².